The number of nitrogens with one attached hydrogen (secondary N) is 1. The first-order chi connectivity index (χ1) is 8.16. The van der Waals surface area contributed by atoms with E-state index in [1.54, 1.807) is 0 Å². The molecule has 0 amide bonds. The first-order valence-corrected chi connectivity index (χ1v) is 6.36. The number of halogens is 1. The molecule has 0 aliphatic heterocycles. The van der Waals surface area contributed by atoms with Crippen molar-refractivity contribution >= 4 is 21.6 Å². The number of hydrogen-bond donors (Lipinski definition) is 1. The third kappa shape index (κ3) is 3.07. The Morgan fingerprint density at radius 3 is 2.71 bits per heavy atom. The molecule has 1 aromatic carbocycles. The van der Waals surface area contributed by atoms with Crippen molar-refractivity contribution in [3.63, 3.8) is 0 Å². The van der Waals surface area contributed by atoms with Crippen LogP contribution in [0, 0.1) is 13.8 Å². The number of nitrogens with zero attached hydrogens (tertiary/aromatic N) is 1. The van der Waals surface area contributed by atoms with Gasteiger partial charge >= 0.3 is 0 Å². The fourth-order valence-corrected chi connectivity index (χ4v) is 1.87. The first kappa shape index (κ1) is 12.1. The normalized spacial score (nSPS) is 10.3. The lowest BCUT2D eigenvalue weighted by molar-refractivity contribution is 1.04. The van der Waals surface area contributed by atoms with Crippen LogP contribution in [-0.2, 0) is 6.54 Å². The second-order valence-electron chi connectivity index (χ2n) is 4.07. The zero-order valence-electron chi connectivity index (χ0n) is 10.00. The molecule has 1 heterocycles. The van der Waals surface area contributed by atoms with Crippen molar-refractivity contribution in [2.75, 3.05) is 5.32 Å². The van der Waals surface area contributed by atoms with Crippen molar-refractivity contribution in [3.05, 3.63) is 57.8 Å². The molecule has 1 N–H and O–H groups in total. The van der Waals surface area contributed by atoms with Crippen LogP contribution in [0.1, 0.15) is 16.8 Å². The summed E-state index contributed by atoms with van der Waals surface area (Å²) < 4.78 is 1.01. The molecule has 0 spiro atoms. The molecule has 0 fully saturated rings. The van der Waals surface area contributed by atoms with Crippen LogP contribution in [0.3, 0.4) is 0 Å². The van der Waals surface area contributed by atoms with Crippen LogP contribution in [0.2, 0.25) is 0 Å². The number of aromatic nitrogens is 1. The van der Waals surface area contributed by atoms with E-state index in [2.05, 4.69) is 58.3 Å². The van der Waals surface area contributed by atoms with Gasteiger partial charge in [-0.05, 0) is 59.1 Å². The van der Waals surface area contributed by atoms with Crippen molar-refractivity contribution in [3.8, 4) is 0 Å². The summed E-state index contributed by atoms with van der Waals surface area (Å²) in [7, 11) is 0. The van der Waals surface area contributed by atoms with Crippen LogP contribution in [-0.4, -0.2) is 4.98 Å². The summed E-state index contributed by atoms with van der Waals surface area (Å²) >= 11 is 3.38. The highest BCUT2D eigenvalue weighted by Crippen LogP contribution is 2.18. The molecule has 0 unspecified atom stereocenters. The molecule has 0 atom stereocenters. The van der Waals surface area contributed by atoms with Crippen LogP contribution in [0.25, 0.3) is 0 Å². The lowest BCUT2D eigenvalue weighted by Crippen LogP contribution is -2.03. The molecule has 88 valence electrons. The van der Waals surface area contributed by atoms with Crippen LogP contribution in [0.5, 0.6) is 0 Å². The maximum absolute atomic E-state index is 4.34. The third-order valence-electron chi connectivity index (χ3n) is 2.85. The van der Waals surface area contributed by atoms with E-state index in [0.717, 1.165) is 16.7 Å². The highest BCUT2D eigenvalue weighted by Gasteiger charge is 2.00. The molecule has 0 bridgehead atoms. The van der Waals surface area contributed by atoms with Gasteiger partial charge in [0.15, 0.2) is 0 Å². The average Bonchev–Trinajstić information content (AvgIpc) is 2.33. The number of rotatable bonds is 3. The zero-order valence-corrected chi connectivity index (χ0v) is 11.6. The van der Waals surface area contributed by atoms with Crippen molar-refractivity contribution in [1.29, 1.82) is 0 Å². The van der Waals surface area contributed by atoms with Gasteiger partial charge in [-0.1, -0.05) is 12.1 Å². The summed E-state index contributed by atoms with van der Waals surface area (Å²) in [5.74, 6) is 0. The maximum Gasteiger partial charge on any atom is 0.0595 e. The first-order valence-electron chi connectivity index (χ1n) is 5.57. The van der Waals surface area contributed by atoms with Gasteiger partial charge in [-0.15, -0.1) is 0 Å². The van der Waals surface area contributed by atoms with Crippen LogP contribution in [0.4, 0.5) is 5.69 Å². The Labute approximate surface area is 110 Å². The number of aryl methyl sites for hydroxylation is 1. The van der Waals surface area contributed by atoms with E-state index in [1.807, 2.05) is 18.3 Å². The molecule has 17 heavy (non-hydrogen) atoms. The van der Waals surface area contributed by atoms with E-state index in [1.165, 1.54) is 16.8 Å². The van der Waals surface area contributed by atoms with Gasteiger partial charge in [0.25, 0.3) is 0 Å². The average molecular weight is 291 g/mol. The Bertz CT molecular complexity index is 506. The number of pyridine rings is 1. The van der Waals surface area contributed by atoms with E-state index in [-0.39, 0.29) is 0 Å². The summed E-state index contributed by atoms with van der Waals surface area (Å²) in [4.78, 5) is 4.34. The van der Waals surface area contributed by atoms with E-state index in [9.17, 15) is 0 Å². The number of hydrogen-bond acceptors (Lipinski definition) is 2. The minimum absolute atomic E-state index is 0.748. The minimum atomic E-state index is 0.748. The largest absolute Gasteiger partial charge is 0.379 e. The van der Waals surface area contributed by atoms with Gasteiger partial charge in [0, 0.05) is 16.4 Å². The van der Waals surface area contributed by atoms with Gasteiger partial charge in [-0.25, -0.2) is 0 Å². The van der Waals surface area contributed by atoms with Crippen molar-refractivity contribution in [2.24, 2.45) is 0 Å². The zero-order chi connectivity index (χ0) is 12.3. The SMILES string of the molecule is Cc1cccc(NCc2ccc(Br)cn2)c1C. The predicted molar refractivity (Wildman–Crippen MR) is 75.2 cm³/mol. The van der Waals surface area contributed by atoms with E-state index in [4.69, 9.17) is 0 Å². The van der Waals surface area contributed by atoms with Gasteiger partial charge in [0.2, 0.25) is 0 Å². The molecular weight excluding hydrogens is 276 g/mol. The van der Waals surface area contributed by atoms with Gasteiger partial charge < -0.3 is 5.32 Å². The fourth-order valence-electron chi connectivity index (χ4n) is 1.64. The fraction of sp³-hybridized carbons (Fsp3) is 0.214. The van der Waals surface area contributed by atoms with Gasteiger partial charge in [-0.3, -0.25) is 4.98 Å². The van der Waals surface area contributed by atoms with Gasteiger partial charge in [0.05, 0.1) is 12.2 Å². The molecule has 0 aliphatic carbocycles. The highest BCUT2D eigenvalue weighted by atomic mass is 79.9. The van der Waals surface area contributed by atoms with Crippen LogP contribution >= 0.6 is 15.9 Å². The van der Waals surface area contributed by atoms with Crippen molar-refractivity contribution in [1.82, 2.24) is 4.98 Å². The topological polar surface area (TPSA) is 24.9 Å². The minimum Gasteiger partial charge on any atom is -0.379 e. The lowest BCUT2D eigenvalue weighted by Gasteiger charge is -2.11. The Morgan fingerprint density at radius 2 is 2.00 bits per heavy atom. The molecular formula is C14H15BrN2. The van der Waals surface area contributed by atoms with Crippen molar-refractivity contribution < 1.29 is 0 Å². The molecule has 2 aromatic rings. The number of anilines is 1. The molecule has 2 nitrogen and oxygen atoms in total. The molecule has 3 heteroatoms. The lowest BCUT2D eigenvalue weighted by atomic mass is 10.1. The highest BCUT2D eigenvalue weighted by molar-refractivity contribution is 9.10. The molecule has 0 saturated heterocycles. The second-order valence-corrected chi connectivity index (χ2v) is 4.98. The quantitative estimate of drug-likeness (QED) is 0.922. The third-order valence-corrected chi connectivity index (χ3v) is 3.32. The Morgan fingerprint density at radius 1 is 1.18 bits per heavy atom. The summed E-state index contributed by atoms with van der Waals surface area (Å²) in [6.07, 6.45) is 1.82. The summed E-state index contributed by atoms with van der Waals surface area (Å²) in [5, 5.41) is 3.41. The van der Waals surface area contributed by atoms with E-state index in [0.29, 0.717) is 0 Å². The van der Waals surface area contributed by atoms with Gasteiger partial charge in [0.1, 0.15) is 0 Å². The predicted octanol–water partition coefficient (Wildman–Crippen LogP) is 4.07. The summed E-state index contributed by atoms with van der Waals surface area (Å²) in [6, 6.07) is 10.3. The Balaban J connectivity index is 2.07. The smallest absolute Gasteiger partial charge is 0.0595 e. The second kappa shape index (κ2) is 5.32. The molecule has 1 aromatic heterocycles. The summed E-state index contributed by atoms with van der Waals surface area (Å²) in [5.41, 5.74) is 4.81. The standard InChI is InChI=1S/C14H15BrN2/c1-10-4-3-5-14(11(10)2)17-9-13-7-6-12(15)8-16-13/h3-8,17H,9H2,1-2H3. The molecule has 2 rings (SSSR count). The van der Waals surface area contributed by atoms with Crippen LogP contribution < -0.4 is 5.32 Å². The van der Waals surface area contributed by atoms with E-state index >= 15 is 0 Å². The Kier molecular flexibility index (Phi) is 3.79. The van der Waals surface area contributed by atoms with E-state index < -0.39 is 0 Å². The number of benzene rings is 1. The summed E-state index contributed by atoms with van der Waals surface area (Å²) in [6.45, 7) is 5.00. The molecule has 0 saturated carbocycles. The maximum atomic E-state index is 4.34. The van der Waals surface area contributed by atoms with Gasteiger partial charge in [-0.2, -0.15) is 0 Å². The monoisotopic (exact) mass is 290 g/mol. The molecule has 0 radical (unpaired) electrons. The van der Waals surface area contributed by atoms with Crippen molar-refractivity contribution in [2.45, 2.75) is 20.4 Å². The molecule has 0 aliphatic rings. The Hall–Kier alpha value is -1.35. The van der Waals surface area contributed by atoms with Crippen LogP contribution in [0.15, 0.2) is 41.0 Å².